The number of amides is 1. The van der Waals surface area contributed by atoms with Gasteiger partial charge in [-0.15, -0.1) is 11.3 Å². The van der Waals surface area contributed by atoms with Crippen LogP contribution in [0.2, 0.25) is 0 Å². The van der Waals surface area contributed by atoms with E-state index in [1.54, 1.807) is 22.0 Å². The van der Waals surface area contributed by atoms with Crippen molar-refractivity contribution in [2.24, 2.45) is 5.84 Å². The van der Waals surface area contributed by atoms with Gasteiger partial charge in [0.25, 0.3) is 5.91 Å². The minimum Gasteiger partial charge on any atom is -0.290 e. The SMILES string of the molecule is NNC(=O)c1cnn2c(-c3cccs3)ccnc12. The van der Waals surface area contributed by atoms with Crippen molar-refractivity contribution in [1.29, 1.82) is 0 Å². The van der Waals surface area contributed by atoms with Gasteiger partial charge in [0, 0.05) is 6.20 Å². The molecule has 0 aliphatic rings. The highest BCUT2D eigenvalue weighted by Crippen LogP contribution is 2.25. The number of nitrogens with one attached hydrogen (secondary N) is 1. The van der Waals surface area contributed by atoms with Crippen LogP contribution in [0.3, 0.4) is 0 Å². The lowest BCUT2D eigenvalue weighted by atomic mass is 10.3. The van der Waals surface area contributed by atoms with E-state index < -0.39 is 5.91 Å². The second-order valence-corrected chi connectivity index (χ2v) is 4.52. The Balaban J connectivity index is 2.25. The maximum absolute atomic E-state index is 11.6. The quantitative estimate of drug-likeness (QED) is 0.409. The topological polar surface area (TPSA) is 85.3 Å². The van der Waals surface area contributed by atoms with Crippen LogP contribution in [0.15, 0.2) is 36.0 Å². The van der Waals surface area contributed by atoms with Crippen LogP contribution in [0, 0.1) is 0 Å². The number of carbonyl (C=O) groups is 1. The summed E-state index contributed by atoms with van der Waals surface area (Å²) in [6.07, 6.45) is 3.11. The van der Waals surface area contributed by atoms with Crippen LogP contribution in [0.25, 0.3) is 16.2 Å². The molecule has 3 N–H and O–H groups in total. The summed E-state index contributed by atoms with van der Waals surface area (Å²) in [5.41, 5.74) is 3.83. The lowest BCUT2D eigenvalue weighted by molar-refractivity contribution is 0.0955. The molecule has 6 nitrogen and oxygen atoms in total. The Morgan fingerprint density at radius 3 is 3.06 bits per heavy atom. The molecule has 0 bridgehead atoms. The molecule has 0 aliphatic heterocycles. The molecule has 0 aromatic carbocycles. The lowest BCUT2D eigenvalue weighted by Crippen LogP contribution is -2.29. The molecule has 1 amide bonds. The van der Waals surface area contributed by atoms with E-state index in [1.807, 2.05) is 23.6 Å². The van der Waals surface area contributed by atoms with Crippen molar-refractivity contribution >= 4 is 22.9 Å². The lowest BCUT2D eigenvalue weighted by Gasteiger charge is -2.01. The van der Waals surface area contributed by atoms with Crippen molar-refractivity contribution in [1.82, 2.24) is 20.0 Å². The Bertz CT molecular complexity index is 703. The summed E-state index contributed by atoms with van der Waals surface area (Å²) in [6, 6.07) is 5.81. The molecule has 0 saturated heterocycles. The Kier molecular flexibility index (Phi) is 2.54. The van der Waals surface area contributed by atoms with Gasteiger partial charge in [-0.2, -0.15) is 5.10 Å². The number of thiophene rings is 1. The monoisotopic (exact) mass is 259 g/mol. The number of hydrazine groups is 1. The van der Waals surface area contributed by atoms with Crippen LogP contribution in [0.1, 0.15) is 10.4 Å². The van der Waals surface area contributed by atoms with Gasteiger partial charge in [-0.3, -0.25) is 10.2 Å². The molecule has 3 heterocycles. The molecule has 3 aromatic heterocycles. The fourth-order valence-electron chi connectivity index (χ4n) is 1.74. The highest BCUT2D eigenvalue weighted by molar-refractivity contribution is 7.13. The number of nitrogens with zero attached hydrogens (tertiary/aromatic N) is 3. The molecule has 90 valence electrons. The second-order valence-electron chi connectivity index (χ2n) is 3.57. The number of nitrogen functional groups attached to an aromatic ring is 1. The molecular formula is C11H9N5OS. The average Bonchev–Trinajstić information content (AvgIpc) is 3.06. The minimum absolute atomic E-state index is 0.357. The molecule has 0 atom stereocenters. The van der Waals surface area contributed by atoms with Crippen LogP contribution >= 0.6 is 11.3 Å². The molecular weight excluding hydrogens is 250 g/mol. The maximum atomic E-state index is 11.6. The molecule has 0 saturated carbocycles. The predicted octanol–water partition coefficient (Wildman–Crippen LogP) is 1.06. The number of rotatable bonds is 2. The summed E-state index contributed by atoms with van der Waals surface area (Å²) in [5.74, 6) is 4.72. The summed E-state index contributed by atoms with van der Waals surface area (Å²) in [6.45, 7) is 0. The van der Waals surface area contributed by atoms with Gasteiger partial charge in [-0.25, -0.2) is 15.3 Å². The molecule has 0 radical (unpaired) electrons. The van der Waals surface area contributed by atoms with Crippen molar-refractivity contribution in [2.45, 2.75) is 0 Å². The third-order valence-corrected chi connectivity index (χ3v) is 3.44. The van der Waals surface area contributed by atoms with Crippen LogP contribution in [-0.2, 0) is 0 Å². The Morgan fingerprint density at radius 1 is 1.44 bits per heavy atom. The molecule has 0 unspecified atom stereocenters. The van der Waals surface area contributed by atoms with E-state index in [0.717, 1.165) is 10.6 Å². The number of nitrogens with two attached hydrogens (primary N) is 1. The second kappa shape index (κ2) is 4.21. The molecule has 0 aliphatic carbocycles. The van der Waals surface area contributed by atoms with Crippen molar-refractivity contribution in [3.63, 3.8) is 0 Å². The molecule has 0 spiro atoms. The highest BCUT2D eigenvalue weighted by Gasteiger charge is 2.15. The summed E-state index contributed by atoms with van der Waals surface area (Å²) in [5, 5.41) is 6.17. The number of aromatic nitrogens is 3. The molecule has 7 heteroatoms. The highest BCUT2D eigenvalue weighted by atomic mass is 32.1. The van der Waals surface area contributed by atoms with Crippen LogP contribution in [0.5, 0.6) is 0 Å². The number of hydrogen-bond donors (Lipinski definition) is 2. The Morgan fingerprint density at radius 2 is 2.33 bits per heavy atom. The molecule has 3 aromatic rings. The van der Waals surface area contributed by atoms with E-state index in [9.17, 15) is 4.79 Å². The van der Waals surface area contributed by atoms with Gasteiger partial charge in [0.05, 0.1) is 16.8 Å². The van der Waals surface area contributed by atoms with E-state index in [2.05, 4.69) is 15.5 Å². The van der Waals surface area contributed by atoms with Crippen molar-refractivity contribution in [2.75, 3.05) is 0 Å². The third-order valence-electron chi connectivity index (χ3n) is 2.55. The average molecular weight is 259 g/mol. The first kappa shape index (κ1) is 10.9. The summed E-state index contributed by atoms with van der Waals surface area (Å²) < 4.78 is 1.64. The largest absolute Gasteiger partial charge is 0.290 e. The fourth-order valence-corrected chi connectivity index (χ4v) is 2.48. The molecule has 0 fully saturated rings. The van der Waals surface area contributed by atoms with Crippen molar-refractivity contribution in [3.05, 3.63) is 41.5 Å². The third kappa shape index (κ3) is 1.57. The van der Waals surface area contributed by atoms with Gasteiger partial charge in [-0.1, -0.05) is 6.07 Å². The molecule has 18 heavy (non-hydrogen) atoms. The summed E-state index contributed by atoms with van der Waals surface area (Å²) in [7, 11) is 0. The van der Waals surface area contributed by atoms with Crippen molar-refractivity contribution < 1.29 is 4.79 Å². The maximum Gasteiger partial charge on any atom is 0.270 e. The fraction of sp³-hybridized carbons (Fsp3) is 0. The first-order valence-corrected chi connectivity index (χ1v) is 6.07. The zero-order chi connectivity index (χ0) is 12.5. The minimum atomic E-state index is -0.402. The first-order chi connectivity index (χ1) is 8.81. The predicted molar refractivity (Wildman–Crippen MR) is 68.0 cm³/mol. The van der Waals surface area contributed by atoms with E-state index in [1.165, 1.54) is 6.20 Å². The van der Waals surface area contributed by atoms with E-state index in [0.29, 0.717) is 11.2 Å². The Labute approximate surface area is 106 Å². The van der Waals surface area contributed by atoms with Crippen LogP contribution in [0.4, 0.5) is 0 Å². The van der Waals surface area contributed by atoms with E-state index in [4.69, 9.17) is 5.84 Å². The number of fused-ring (bicyclic) bond motifs is 1. The van der Waals surface area contributed by atoms with Gasteiger partial charge >= 0.3 is 0 Å². The first-order valence-electron chi connectivity index (χ1n) is 5.19. The van der Waals surface area contributed by atoms with Crippen LogP contribution < -0.4 is 11.3 Å². The zero-order valence-corrected chi connectivity index (χ0v) is 10.0. The van der Waals surface area contributed by atoms with Gasteiger partial charge in [0.2, 0.25) is 0 Å². The van der Waals surface area contributed by atoms with Gasteiger partial charge in [0.1, 0.15) is 5.56 Å². The zero-order valence-electron chi connectivity index (χ0n) is 9.20. The standard InChI is InChI=1S/C11H9N5OS/c12-15-11(17)7-6-14-16-8(3-4-13-10(7)16)9-2-1-5-18-9/h1-6H,12H2,(H,15,17). The van der Waals surface area contributed by atoms with Crippen LogP contribution in [-0.4, -0.2) is 20.5 Å². The van der Waals surface area contributed by atoms with Gasteiger partial charge < -0.3 is 0 Å². The number of hydrogen-bond acceptors (Lipinski definition) is 5. The summed E-state index contributed by atoms with van der Waals surface area (Å²) in [4.78, 5) is 16.8. The molecule has 3 rings (SSSR count). The smallest absolute Gasteiger partial charge is 0.270 e. The van der Waals surface area contributed by atoms with Crippen molar-refractivity contribution in [3.8, 4) is 10.6 Å². The van der Waals surface area contributed by atoms with Gasteiger partial charge in [-0.05, 0) is 17.5 Å². The normalized spacial score (nSPS) is 10.7. The van der Waals surface area contributed by atoms with E-state index >= 15 is 0 Å². The Hall–Kier alpha value is -2.25. The van der Waals surface area contributed by atoms with E-state index in [-0.39, 0.29) is 0 Å². The summed E-state index contributed by atoms with van der Waals surface area (Å²) >= 11 is 1.60. The number of carbonyl (C=O) groups excluding carboxylic acids is 1. The van der Waals surface area contributed by atoms with Gasteiger partial charge in [0.15, 0.2) is 5.65 Å².